The Morgan fingerprint density at radius 1 is 1.25 bits per heavy atom. The molecule has 1 N–H and O–H groups in total. The zero-order valence-corrected chi connectivity index (χ0v) is 10.7. The number of carbonyl (C=O) groups is 1. The lowest BCUT2D eigenvalue weighted by atomic mass is 10.1. The second-order valence-electron chi connectivity index (χ2n) is 4.21. The van der Waals surface area contributed by atoms with Gasteiger partial charge in [0.1, 0.15) is 5.76 Å². The quantitative estimate of drug-likeness (QED) is 0.790. The number of fused-ring (bicyclic) bond motifs is 1. The van der Waals surface area contributed by atoms with E-state index in [9.17, 15) is 9.90 Å². The van der Waals surface area contributed by atoms with Crippen molar-refractivity contribution in [2.45, 2.75) is 0 Å². The number of pyridine rings is 1. The number of carboxylic acids is 1. The molecule has 0 spiro atoms. The molecule has 0 radical (unpaired) electrons. The summed E-state index contributed by atoms with van der Waals surface area (Å²) in [6.07, 6.45) is 3.30. The lowest BCUT2D eigenvalue weighted by Gasteiger charge is -2.02. The Morgan fingerprint density at radius 2 is 2.00 bits per heavy atom. The number of aromatic carboxylic acids is 1. The molecule has 0 saturated carbocycles. The second-order valence-corrected chi connectivity index (χ2v) is 4.21. The van der Waals surface area contributed by atoms with Crippen molar-refractivity contribution in [2.24, 2.45) is 0 Å². The third-order valence-corrected chi connectivity index (χ3v) is 3.06. The number of carboxylic acid groups (broad SMARTS) is 1. The van der Waals surface area contributed by atoms with Crippen molar-refractivity contribution in [1.29, 1.82) is 0 Å². The van der Waals surface area contributed by atoms with Crippen molar-refractivity contribution in [1.82, 2.24) is 4.98 Å². The molecule has 0 aliphatic rings. The maximum atomic E-state index is 11.3. The Morgan fingerprint density at radius 3 is 2.65 bits per heavy atom. The molecule has 20 heavy (non-hydrogen) atoms. The summed E-state index contributed by atoms with van der Waals surface area (Å²) in [6.45, 7) is 0. The number of methoxy groups -OCH3 is 1. The van der Waals surface area contributed by atoms with E-state index in [1.165, 1.54) is 13.2 Å². The summed E-state index contributed by atoms with van der Waals surface area (Å²) in [5.41, 5.74) is 1.44. The van der Waals surface area contributed by atoms with Crippen molar-refractivity contribution in [3.63, 3.8) is 0 Å². The molecule has 2 aromatic heterocycles. The van der Waals surface area contributed by atoms with Crippen LogP contribution in [0.3, 0.4) is 0 Å². The molecular weight excluding hydrogens is 258 g/mol. The maximum absolute atomic E-state index is 11.3. The molecule has 0 amide bonds. The summed E-state index contributed by atoms with van der Waals surface area (Å²) in [7, 11) is 1.52. The lowest BCUT2D eigenvalue weighted by molar-refractivity contribution is 0.0699. The first kappa shape index (κ1) is 12.2. The molecule has 2 heterocycles. The van der Waals surface area contributed by atoms with Gasteiger partial charge in [0, 0.05) is 23.3 Å². The van der Waals surface area contributed by atoms with Crippen LogP contribution in [0.1, 0.15) is 10.4 Å². The fraction of sp³-hybridized carbons (Fsp3) is 0.0667. The van der Waals surface area contributed by atoms with Gasteiger partial charge in [-0.05, 0) is 30.3 Å². The van der Waals surface area contributed by atoms with Gasteiger partial charge in [-0.25, -0.2) is 4.79 Å². The molecule has 0 aliphatic heterocycles. The molecule has 0 unspecified atom stereocenters. The van der Waals surface area contributed by atoms with Crippen LogP contribution in [0.4, 0.5) is 0 Å². The van der Waals surface area contributed by atoms with E-state index in [1.54, 1.807) is 36.7 Å². The molecule has 1 aromatic carbocycles. The number of aromatic nitrogens is 1. The first-order valence-corrected chi connectivity index (χ1v) is 5.95. The Hall–Kier alpha value is -2.82. The van der Waals surface area contributed by atoms with Crippen LogP contribution in [0.25, 0.3) is 22.3 Å². The number of hydrogen-bond acceptors (Lipinski definition) is 4. The minimum atomic E-state index is -1.00. The maximum Gasteiger partial charge on any atom is 0.336 e. The minimum Gasteiger partial charge on any atom is -0.493 e. The average molecular weight is 269 g/mol. The third kappa shape index (κ3) is 1.89. The smallest absolute Gasteiger partial charge is 0.336 e. The van der Waals surface area contributed by atoms with Crippen molar-refractivity contribution in [2.75, 3.05) is 7.11 Å². The first-order chi connectivity index (χ1) is 9.70. The highest BCUT2D eigenvalue weighted by atomic mass is 16.5. The zero-order valence-electron chi connectivity index (χ0n) is 10.7. The largest absolute Gasteiger partial charge is 0.493 e. The van der Waals surface area contributed by atoms with E-state index in [2.05, 4.69) is 4.98 Å². The van der Waals surface area contributed by atoms with E-state index < -0.39 is 5.97 Å². The van der Waals surface area contributed by atoms with E-state index in [-0.39, 0.29) is 5.56 Å². The van der Waals surface area contributed by atoms with Crippen LogP contribution in [0.2, 0.25) is 0 Å². The summed E-state index contributed by atoms with van der Waals surface area (Å²) >= 11 is 0. The van der Waals surface area contributed by atoms with E-state index in [4.69, 9.17) is 9.15 Å². The fourth-order valence-corrected chi connectivity index (χ4v) is 2.10. The van der Waals surface area contributed by atoms with E-state index >= 15 is 0 Å². The van der Waals surface area contributed by atoms with Gasteiger partial charge >= 0.3 is 5.97 Å². The number of furan rings is 1. The molecule has 0 bridgehead atoms. The highest BCUT2D eigenvalue weighted by Gasteiger charge is 2.17. The Bertz CT molecular complexity index is 777. The van der Waals surface area contributed by atoms with Gasteiger partial charge in [0.2, 0.25) is 0 Å². The molecule has 3 aromatic rings. The summed E-state index contributed by atoms with van der Waals surface area (Å²) in [6, 6.07) is 8.40. The van der Waals surface area contributed by atoms with E-state index in [0.717, 1.165) is 5.56 Å². The van der Waals surface area contributed by atoms with Crippen LogP contribution in [0, 0.1) is 0 Å². The standard InChI is InChI=1S/C15H11NO4/c1-19-12-3-2-10(15(17)18)11-8-13(20-14(11)12)9-4-6-16-7-5-9/h2-8H,1H3,(H,17,18). The molecule has 3 rings (SSSR count). The van der Waals surface area contributed by atoms with Crippen LogP contribution in [0.15, 0.2) is 47.1 Å². The van der Waals surface area contributed by atoms with Gasteiger partial charge in [0.25, 0.3) is 0 Å². The summed E-state index contributed by atoms with van der Waals surface area (Å²) in [5, 5.41) is 9.75. The first-order valence-electron chi connectivity index (χ1n) is 5.95. The number of nitrogens with zero attached hydrogens (tertiary/aromatic N) is 1. The highest BCUT2D eigenvalue weighted by Crippen LogP contribution is 2.35. The molecular formula is C15H11NO4. The van der Waals surface area contributed by atoms with Crippen molar-refractivity contribution < 1.29 is 19.1 Å². The van der Waals surface area contributed by atoms with Crippen LogP contribution in [-0.4, -0.2) is 23.2 Å². The summed E-state index contributed by atoms with van der Waals surface area (Å²) in [4.78, 5) is 15.2. The predicted molar refractivity (Wildman–Crippen MR) is 73.0 cm³/mol. The van der Waals surface area contributed by atoms with Crippen molar-refractivity contribution >= 4 is 16.9 Å². The number of ether oxygens (including phenoxy) is 1. The van der Waals surface area contributed by atoms with Gasteiger partial charge < -0.3 is 14.3 Å². The minimum absolute atomic E-state index is 0.185. The van der Waals surface area contributed by atoms with Crippen molar-refractivity contribution in [3.8, 4) is 17.1 Å². The van der Waals surface area contributed by atoms with Gasteiger partial charge in [0.05, 0.1) is 12.7 Å². The SMILES string of the molecule is COc1ccc(C(=O)O)c2cc(-c3ccncc3)oc12. The Kier molecular flexibility index (Phi) is 2.87. The molecule has 0 aliphatic carbocycles. The second kappa shape index (κ2) is 4.70. The lowest BCUT2D eigenvalue weighted by Crippen LogP contribution is -1.97. The Labute approximate surface area is 114 Å². The van der Waals surface area contributed by atoms with E-state index in [0.29, 0.717) is 22.5 Å². The normalized spacial score (nSPS) is 10.7. The number of hydrogen-bond donors (Lipinski definition) is 1. The average Bonchev–Trinajstić information content (AvgIpc) is 2.91. The summed E-state index contributed by atoms with van der Waals surface area (Å²) in [5.74, 6) is 0.0828. The predicted octanol–water partition coefficient (Wildman–Crippen LogP) is 3.20. The van der Waals surface area contributed by atoms with Crippen molar-refractivity contribution in [3.05, 3.63) is 48.3 Å². The summed E-state index contributed by atoms with van der Waals surface area (Å²) < 4.78 is 11.0. The zero-order chi connectivity index (χ0) is 14.1. The number of benzene rings is 1. The van der Waals surface area contributed by atoms with Gasteiger partial charge in [-0.3, -0.25) is 4.98 Å². The van der Waals surface area contributed by atoms with Gasteiger partial charge in [-0.15, -0.1) is 0 Å². The van der Waals surface area contributed by atoms with E-state index in [1.807, 2.05) is 0 Å². The molecule has 0 saturated heterocycles. The molecule has 0 fully saturated rings. The van der Waals surface area contributed by atoms with Gasteiger partial charge in [-0.1, -0.05) is 0 Å². The van der Waals surface area contributed by atoms with Gasteiger partial charge in [-0.2, -0.15) is 0 Å². The number of rotatable bonds is 3. The fourth-order valence-electron chi connectivity index (χ4n) is 2.10. The molecule has 100 valence electrons. The molecule has 5 nitrogen and oxygen atoms in total. The van der Waals surface area contributed by atoms with Gasteiger partial charge in [0.15, 0.2) is 11.3 Å². The van der Waals surface area contributed by atoms with Crippen LogP contribution in [0.5, 0.6) is 5.75 Å². The Balaban J connectivity index is 2.28. The topological polar surface area (TPSA) is 72.6 Å². The molecule has 0 atom stereocenters. The molecule has 5 heteroatoms. The monoisotopic (exact) mass is 269 g/mol. The highest BCUT2D eigenvalue weighted by molar-refractivity contribution is 6.05. The third-order valence-electron chi connectivity index (χ3n) is 3.06. The van der Waals surface area contributed by atoms with Crippen LogP contribution in [-0.2, 0) is 0 Å². The van der Waals surface area contributed by atoms with Crippen LogP contribution >= 0.6 is 0 Å². The van der Waals surface area contributed by atoms with Crippen LogP contribution < -0.4 is 4.74 Å².